The number of esters is 1. The molecule has 0 aliphatic heterocycles. The van der Waals surface area contributed by atoms with Gasteiger partial charge >= 0.3 is 5.97 Å². The molecule has 0 heterocycles. The lowest BCUT2D eigenvalue weighted by Gasteiger charge is -2.37. The predicted octanol–water partition coefficient (Wildman–Crippen LogP) is 6.21. The molecule has 0 atom stereocenters. The van der Waals surface area contributed by atoms with Crippen LogP contribution < -0.4 is 0 Å². The van der Waals surface area contributed by atoms with Crippen molar-refractivity contribution in [1.82, 2.24) is 0 Å². The van der Waals surface area contributed by atoms with Gasteiger partial charge in [0.05, 0.1) is 5.56 Å². The molecule has 0 aliphatic carbocycles. The second-order valence-electron chi connectivity index (χ2n) is 8.98. The predicted molar refractivity (Wildman–Crippen MR) is 117 cm³/mol. The fraction of sp³-hybridized carbons (Fsp3) is 0.542. The van der Waals surface area contributed by atoms with Crippen molar-refractivity contribution in [3.63, 3.8) is 0 Å². The number of ether oxygens (including phenoxy) is 1. The van der Waals surface area contributed by atoms with Gasteiger partial charge in [0.15, 0.2) is 0 Å². The normalized spacial score (nSPS) is 11.7. The summed E-state index contributed by atoms with van der Waals surface area (Å²) in [5.74, 6) is 8.94. The lowest BCUT2D eigenvalue weighted by molar-refractivity contribution is 0.00695. The lowest BCUT2D eigenvalue weighted by Crippen LogP contribution is -2.43. The van der Waals surface area contributed by atoms with Crippen molar-refractivity contribution in [3.8, 4) is 23.3 Å². The van der Waals surface area contributed by atoms with Gasteiger partial charge in [0.25, 0.3) is 0 Å². The van der Waals surface area contributed by atoms with Gasteiger partial charge in [-0.05, 0) is 73.5 Å². The highest BCUT2D eigenvalue weighted by Gasteiger charge is 2.41. The zero-order valence-electron chi connectivity index (χ0n) is 18.4. The van der Waals surface area contributed by atoms with Gasteiger partial charge in [0.2, 0.25) is 0 Å². The van der Waals surface area contributed by atoms with E-state index >= 15 is 0 Å². The van der Waals surface area contributed by atoms with Crippen molar-refractivity contribution in [2.45, 2.75) is 84.5 Å². The highest BCUT2D eigenvalue weighted by Crippen LogP contribution is 2.40. The van der Waals surface area contributed by atoms with Crippen molar-refractivity contribution in [2.24, 2.45) is 0 Å². The van der Waals surface area contributed by atoms with Crippen LogP contribution in [0, 0.1) is 23.3 Å². The SMILES string of the molecule is CC(C)[Si](C#CC#Cc1ccc(C(=O)OC(C)(C)C)cc1)(C(C)C)C(C)C. The summed E-state index contributed by atoms with van der Waals surface area (Å²) >= 11 is 0. The minimum Gasteiger partial charge on any atom is -0.456 e. The number of hydrogen-bond acceptors (Lipinski definition) is 2. The Morgan fingerprint density at radius 3 is 1.78 bits per heavy atom. The van der Waals surface area contributed by atoms with Crippen molar-refractivity contribution >= 4 is 14.0 Å². The maximum atomic E-state index is 12.1. The first kappa shape index (κ1) is 23.1. The third-order valence-corrected chi connectivity index (χ3v) is 11.2. The van der Waals surface area contributed by atoms with E-state index in [0.29, 0.717) is 22.2 Å². The summed E-state index contributed by atoms with van der Waals surface area (Å²) in [5.41, 5.74) is 6.28. The molecule has 3 heteroatoms. The molecule has 0 N–H and O–H groups in total. The Hall–Kier alpha value is -1.97. The molecule has 146 valence electrons. The summed E-state index contributed by atoms with van der Waals surface area (Å²) in [6.07, 6.45) is 0. The van der Waals surface area contributed by atoms with Gasteiger partial charge in [-0.2, -0.15) is 0 Å². The number of benzene rings is 1. The van der Waals surface area contributed by atoms with E-state index < -0.39 is 13.7 Å². The van der Waals surface area contributed by atoms with Crippen LogP contribution in [0.2, 0.25) is 16.6 Å². The topological polar surface area (TPSA) is 26.3 Å². The van der Waals surface area contributed by atoms with Crippen LogP contribution in [0.5, 0.6) is 0 Å². The smallest absolute Gasteiger partial charge is 0.338 e. The largest absolute Gasteiger partial charge is 0.456 e. The molecule has 0 radical (unpaired) electrons. The molecule has 0 fully saturated rings. The zero-order chi connectivity index (χ0) is 20.8. The monoisotopic (exact) mass is 382 g/mol. The standard InChI is InChI=1S/C24H34O2Si/c1-18(2)27(19(3)4,20(5)6)17-11-10-12-21-13-15-22(16-14-21)23(25)26-24(7,8)9/h13-16,18-20H,1-9H3. The third-order valence-electron chi connectivity index (χ3n) is 4.93. The number of rotatable bonds is 4. The van der Waals surface area contributed by atoms with E-state index in [2.05, 4.69) is 64.8 Å². The Morgan fingerprint density at radius 1 is 0.889 bits per heavy atom. The van der Waals surface area contributed by atoms with Crippen molar-refractivity contribution < 1.29 is 9.53 Å². The second kappa shape index (κ2) is 9.29. The molecule has 0 spiro atoms. The molecule has 0 aromatic heterocycles. The highest BCUT2D eigenvalue weighted by molar-refractivity contribution is 6.90. The number of carbonyl (C=O) groups excluding carboxylic acids is 1. The zero-order valence-corrected chi connectivity index (χ0v) is 19.4. The fourth-order valence-corrected chi connectivity index (χ4v) is 8.85. The molecule has 1 aromatic rings. The third kappa shape index (κ3) is 6.30. The summed E-state index contributed by atoms with van der Waals surface area (Å²) < 4.78 is 5.37. The van der Waals surface area contributed by atoms with Crippen LogP contribution in [0.25, 0.3) is 0 Å². The Bertz CT molecular complexity index is 735. The second-order valence-corrected chi connectivity index (χ2v) is 14.6. The van der Waals surface area contributed by atoms with Gasteiger partial charge < -0.3 is 4.74 Å². The summed E-state index contributed by atoms with van der Waals surface area (Å²) in [6, 6.07) is 7.18. The van der Waals surface area contributed by atoms with E-state index in [1.54, 1.807) is 12.1 Å². The molecule has 0 aliphatic rings. The van der Waals surface area contributed by atoms with Gasteiger partial charge in [-0.15, -0.1) is 5.54 Å². The molecule has 0 saturated heterocycles. The number of carbonyl (C=O) groups is 1. The molecule has 1 rings (SSSR count). The van der Waals surface area contributed by atoms with Crippen LogP contribution in [0.15, 0.2) is 24.3 Å². The minimum atomic E-state index is -1.74. The first-order chi connectivity index (χ1) is 12.4. The summed E-state index contributed by atoms with van der Waals surface area (Å²) in [4.78, 5) is 12.1. The van der Waals surface area contributed by atoms with E-state index in [4.69, 9.17) is 4.74 Å². The highest BCUT2D eigenvalue weighted by atomic mass is 28.3. The van der Waals surface area contributed by atoms with Crippen LogP contribution >= 0.6 is 0 Å². The average molecular weight is 383 g/mol. The quantitative estimate of drug-likeness (QED) is 0.351. The van der Waals surface area contributed by atoms with Crippen LogP contribution in [0.1, 0.15) is 78.2 Å². The minimum absolute atomic E-state index is 0.316. The Labute approximate surface area is 167 Å². The van der Waals surface area contributed by atoms with Crippen LogP contribution in [0.3, 0.4) is 0 Å². The van der Waals surface area contributed by atoms with Gasteiger partial charge in [-0.3, -0.25) is 0 Å². The fourth-order valence-electron chi connectivity index (χ4n) is 3.70. The summed E-state index contributed by atoms with van der Waals surface area (Å²) in [7, 11) is -1.74. The van der Waals surface area contributed by atoms with E-state index in [9.17, 15) is 4.79 Å². The van der Waals surface area contributed by atoms with Crippen molar-refractivity contribution in [1.29, 1.82) is 0 Å². The van der Waals surface area contributed by atoms with Gasteiger partial charge in [-0.1, -0.05) is 47.5 Å². The molecule has 0 amide bonds. The molecule has 2 nitrogen and oxygen atoms in total. The van der Waals surface area contributed by atoms with E-state index in [1.807, 2.05) is 32.9 Å². The van der Waals surface area contributed by atoms with Gasteiger partial charge in [-0.25, -0.2) is 4.79 Å². The Balaban J connectivity index is 2.99. The molecular weight excluding hydrogens is 348 g/mol. The van der Waals surface area contributed by atoms with Crippen molar-refractivity contribution in [2.75, 3.05) is 0 Å². The average Bonchev–Trinajstić information content (AvgIpc) is 2.52. The Kier molecular flexibility index (Phi) is 7.94. The van der Waals surface area contributed by atoms with Crippen LogP contribution in [-0.4, -0.2) is 19.6 Å². The van der Waals surface area contributed by atoms with E-state index in [0.717, 1.165) is 5.56 Å². The Morgan fingerprint density at radius 2 is 1.37 bits per heavy atom. The number of hydrogen-bond donors (Lipinski definition) is 0. The van der Waals surface area contributed by atoms with Gasteiger partial charge in [0, 0.05) is 5.56 Å². The summed E-state index contributed by atoms with van der Waals surface area (Å²) in [6.45, 7) is 19.4. The van der Waals surface area contributed by atoms with Crippen LogP contribution in [-0.2, 0) is 4.74 Å². The molecule has 0 unspecified atom stereocenters. The molecular formula is C24H34O2Si. The lowest BCUT2D eigenvalue weighted by atomic mass is 10.1. The molecule has 0 saturated carbocycles. The van der Waals surface area contributed by atoms with Crippen molar-refractivity contribution in [3.05, 3.63) is 35.4 Å². The van der Waals surface area contributed by atoms with Crippen LogP contribution in [0.4, 0.5) is 0 Å². The summed E-state index contributed by atoms with van der Waals surface area (Å²) in [5, 5.41) is 0. The maximum absolute atomic E-state index is 12.1. The van der Waals surface area contributed by atoms with E-state index in [1.165, 1.54) is 0 Å². The van der Waals surface area contributed by atoms with E-state index in [-0.39, 0.29) is 5.97 Å². The van der Waals surface area contributed by atoms with Gasteiger partial charge in [0.1, 0.15) is 13.7 Å². The molecule has 0 bridgehead atoms. The molecule has 1 aromatic carbocycles. The first-order valence-electron chi connectivity index (χ1n) is 9.76. The maximum Gasteiger partial charge on any atom is 0.338 e. The molecule has 27 heavy (non-hydrogen) atoms. The first-order valence-corrected chi connectivity index (χ1v) is 12.0.